The molecule has 0 saturated carbocycles. The van der Waals surface area contributed by atoms with Gasteiger partial charge in [0.05, 0.1) is 12.6 Å². The van der Waals surface area contributed by atoms with Crippen LogP contribution in [0.4, 0.5) is 0 Å². The molecule has 0 aliphatic carbocycles. The van der Waals surface area contributed by atoms with E-state index in [0.29, 0.717) is 13.1 Å². The zero-order valence-corrected chi connectivity index (χ0v) is 13.6. The van der Waals surface area contributed by atoms with Crippen LogP contribution in [0.2, 0.25) is 0 Å². The van der Waals surface area contributed by atoms with Gasteiger partial charge in [0.1, 0.15) is 11.6 Å². The number of nitrogens with zero attached hydrogens (tertiary/aromatic N) is 3. The van der Waals surface area contributed by atoms with Crippen molar-refractivity contribution >= 4 is 5.97 Å². The molecular weight excluding hydrogens is 282 g/mol. The van der Waals surface area contributed by atoms with E-state index in [9.17, 15) is 9.70 Å². The molecule has 0 saturated heterocycles. The van der Waals surface area contributed by atoms with Gasteiger partial charge in [0.15, 0.2) is 0 Å². The summed E-state index contributed by atoms with van der Waals surface area (Å²) in [6, 6.07) is 1.85. The maximum Gasteiger partial charge on any atom is 0.349 e. The van der Waals surface area contributed by atoms with E-state index in [2.05, 4.69) is 12.1 Å². The monoisotopic (exact) mass is 307 g/mol. The van der Waals surface area contributed by atoms with Crippen LogP contribution in [0.5, 0.6) is 0 Å². The number of carbonyl (C=O) groups excluding carboxylic acids is 1. The smallest absolute Gasteiger partial charge is 0.349 e. The molecule has 0 bridgehead atoms. The lowest BCUT2D eigenvalue weighted by Crippen LogP contribution is -2.19. The van der Waals surface area contributed by atoms with Crippen molar-refractivity contribution in [3.63, 3.8) is 0 Å². The van der Waals surface area contributed by atoms with Crippen molar-refractivity contribution in [1.29, 1.82) is 5.26 Å². The van der Waals surface area contributed by atoms with E-state index < -0.39 is 5.97 Å². The van der Waals surface area contributed by atoms with E-state index in [-0.39, 0.29) is 18.2 Å². The van der Waals surface area contributed by atoms with Crippen molar-refractivity contribution in [3.05, 3.63) is 28.8 Å². The highest BCUT2D eigenvalue weighted by molar-refractivity contribution is 5.93. The molecule has 1 unspecified atom stereocenters. The van der Waals surface area contributed by atoms with Crippen molar-refractivity contribution in [2.45, 2.75) is 46.1 Å². The number of ether oxygens (including phenoxy) is 1. The molecule has 0 amide bonds. The third-order valence-corrected chi connectivity index (χ3v) is 3.06. The van der Waals surface area contributed by atoms with Crippen LogP contribution in [0.1, 0.15) is 40.0 Å². The highest BCUT2D eigenvalue weighted by atomic mass is 16.5. The van der Waals surface area contributed by atoms with E-state index in [0.717, 1.165) is 19.3 Å². The third kappa shape index (κ3) is 8.90. The largest absolute Gasteiger partial charge is 0.459 e. The summed E-state index contributed by atoms with van der Waals surface area (Å²) in [6.45, 7) is 7.24. The van der Waals surface area contributed by atoms with Gasteiger partial charge >= 0.3 is 5.97 Å². The first-order valence-electron chi connectivity index (χ1n) is 7.61. The molecule has 0 aliphatic heterocycles. The lowest BCUT2D eigenvalue weighted by atomic mass is 10.2. The first kappa shape index (κ1) is 19.8. The van der Waals surface area contributed by atoms with Gasteiger partial charge in [0.2, 0.25) is 0 Å². The molecule has 6 nitrogen and oxygen atoms in total. The Labute approximate surface area is 132 Å². The van der Waals surface area contributed by atoms with Crippen LogP contribution in [0.25, 0.3) is 0 Å². The molecule has 22 heavy (non-hydrogen) atoms. The number of rotatable bonds is 11. The Morgan fingerprint density at radius 3 is 2.73 bits per heavy atom. The summed E-state index contributed by atoms with van der Waals surface area (Å²) in [6.07, 6.45) is 7.36. The number of carbonyl (C=O) groups is 1. The zero-order valence-electron chi connectivity index (χ0n) is 13.6. The maximum atomic E-state index is 11.8. The Hall–Kier alpha value is -2.16. The number of hydrogen-bond acceptors (Lipinski definition) is 6. The fourth-order valence-electron chi connectivity index (χ4n) is 1.72. The summed E-state index contributed by atoms with van der Waals surface area (Å²) in [5.74, 6) is -0.603. The van der Waals surface area contributed by atoms with Crippen molar-refractivity contribution in [2.75, 3.05) is 19.6 Å². The van der Waals surface area contributed by atoms with E-state index in [1.165, 1.54) is 6.08 Å². The maximum absolute atomic E-state index is 11.8. The van der Waals surface area contributed by atoms with Gasteiger partial charge in [-0.05, 0) is 38.6 Å². The van der Waals surface area contributed by atoms with Crippen LogP contribution in [0, 0.1) is 16.2 Å². The average molecular weight is 307 g/mol. The van der Waals surface area contributed by atoms with Crippen LogP contribution < -0.4 is 0 Å². The summed E-state index contributed by atoms with van der Waals surface area (Å²) in [5.41, 5.74) is -0.0378. The Morgan fingerprint density at radius 2 is 2.18 bits per heavy atom. The molecule has 1 atom stereocenters. The summed E-state index contributed by atoms with van der Waals surface area (Å²) >= 11 is 0. The number of likely N-dealkylation sites (N-methyl/N-ethyl adjacent to an activating group) is 1. The van der Waals surface area contributed by atoms with Crippen LogP contribution in [-0.4, -0.2) is 36.6 Å². The summed E-state index contributed by atoms with van der Waals surface area (Å²) in [4.78, 5) is 23.8. The van der Waals surface area contributed by atoms with Crippen molar-refractivity contribution in [2.24, 2.45) is 5.18 Å². The van der Waals surface area contributed by atoms with Gasteiger partial charge in [-0.25, -0.2) is 4.79 Å². The molecule has 0 aromatic carbocycles. The number of unbranched alkanes of at least 4 members (excludes halogenated alkanes) is 1. The number of nitroso groups, excluding NO2 is 1. The topological polar surface area (TPSA) is 82.8 Å². The van der Waals surface area contributed by atoms with Crippen LogP contribution >= 0.6 is 0 Å². The molecule has 0 aromatic rings. The lowest BCUT2D eigenvalue weighted by molar-refractivity contribution is -0.143. The summed E-state index contributed by atoms with van der Waals surface area (Å²) in [7, 11) is 0. The number of hydrogen-bond donors (Lipinski definition) is 0. The zero-order chi connectivity index (χ0) is 16.8. The van der Waals surface area contributed by atoms with Crippen LogP contribution in [0.15, 0.2) is 29.1 Å². The molecule has 0 heterocycles. The SMILES string of the molecule is CCCCC(C)OC(=O)/C(C#N)=C/C=C/N(CC)CCN=O. The molecular formula is C16H25N3O3. The molecule has 0 aliphatic rings. The average Bonchev–Trinajstić information content (AvgIpc) is 2.52. The first-order chi connectivity index (χ1) is 10.6. The van der Waals surface area contributed by atoms with E-state index in [1.807, 2.05) is 24.8 Å². The van der Waals surface area contributed by atoms with Crippen molar-refractivity contribution in [3.8, 4) is 6.07 Å². The van der Waals surface area contributed by atoms with E-state index in [1.54, 1.807) is 12.3 Å². The second kappa shape index (κ2) is 12.6. The molecule has 0 rings (SSSR count). The van der Waals surface area contributed by atoms with Crippen LogP contribution in [0.3, 0.4) is 0 Å². The minimum absolute atomic E-state index is 0.0378. The Morgan fingerprint density at radius 1 is 1.45 bits per heavy atom. The number of esters is 1. The Kier molecular flexibility index (Phi) is 11.3. The third-order valence-electron chi connectivity index (χ3n) is 3.06. The highest BCUT2D eigenvalue weighted by Crippen LogP contribution is 2.07. The summed E-state index contributed by atoms with van der Waals surface area (Å²) < 4.78 is 5.22. The number of nitriles is 1. The first-order valence-corrected chi connectivity index (χ1v) is 7.61. The van der Waals surface area contributed by atoms with Crippen molar-refractivity contribution < 1.29 is 9.53 Å². The van der Waals surface area contributed by atoms with Crippen molar-refractivity contribution in [1.82, 2.24) is 4.90 Å². The Balaban J connectivity index is 4.57. The van der Waals surface area contributed by atoms with Gasteiger partial charge in [-0.1, -0.05) is 24.9 Å². The molecule has 0 aromatic heterocycles. The Bertz CT molecular complexity index is 438. The van der Waals surface area contributed by atoms with Gasteiger partial charge in [0.25, 0.3) is 0 Å². The second-order valence-corrected chi connectivity index (χ2v) is 4.87. The van der Waals surface area contributed by atoms with Gasteiger partial charge in [-0.2, -0.15) is 10.2 Å². The normalized spacial score (nSPS) is 12.7. The molecule has 122 valence electrons. The fourth-order valence-corrected chi connectivity index (χ4v) is 1.72. The van der Waals surface area contributed by atoms with Gasteiger partial charge in [0, 0.05) is 13.1 Å². The van der Waals surface area contributed by atoms with Crippen LogP contribution in [-0.2, 0) is 9.53 Å². The molecule has 0 spiro atoms. The van der Waals surface area contributed by atoms with Gasteiger partial charge in [-0.3, -0.25) is 0 Å². The van der Waals surface area contributed by atoms with E-state index in [4.69, 9.17) is 10.00 Å². The van der Waals surface area contributed by atoms with Gasteiger partial charge < -0.3 is 9.64 Å². The second-order valence-electron chi connectivity index (χ2n) is 4.87. The predicted octanol–water partition coefficient (Wildman–Crippen LogP) is 3.16. The minimum Gasteiger partial charge on any atom is -0.459 e. The molecule has 0 radical (unpaired) electrons. The predicted molar refractivity (Wildman–Crippen MR) is 85.8 cm³/mol. The van der Waals surface area contributed by atoms with Gasteiger partial charge in [-0.15, -0.1) is 0 Å². The fraction of sp³-hybridized carbons (Fsp3) is 0.625. The highest BCUT2D eigenvalue weighted by Gasteiger charge is 2.13. The molecule has 6 heteroatoms. The standard InChI is InChI=1S/C16H25N3O3/c1-4-6-8-14(3)22-16(20)15(13-17)9-7-11-19(5-2)12-10-18-21/h7,9,11,14H,4-6,8,10,12H2,1-3H3/b11-7+,15-9+. The lowest BCUT2D eigenvalue weighted by Gasteiger charge is -2.15. The quantitative estimate of drug-likeness (QED) is 0.192. The van der Waals surface area contributed by atoms with E-state index >= 15 is 0 Å². The summed E-state index contributed by atoms with van der Waals surface area (Å²) in [5, 5.41) is 11.8. The molecule has 0 fully saturated rings. The molecule has 0 N–H and O–H groups in total. The number of allylic oxidation sites excluding steroid dienone is 2. The minimum atomic E-state index is -0.603.